The number of ketones is 2. The molecule has 3 aromatic rings. The summed E-state index contributed by atoms with van der Waals surface area (Å²) in [6.07, 6.45) is 3.84. The lowest BCUT2D eigenvalue weighted by atomic mass is 9.62. The van der Waals surface area contributed by atoms with Gasteiger partial charge >= 0.3 is 0 Å². The van der Waals surface area contributed by atoms with E-state index < -0.39 is 28.8 Å². The highest BCUT2D eigenvalue weighted by Gasteiger charge is 2.71. The molecule has 0 bridgehead atoms. The first-order valence-electron chi connectivity index (χ1n) is 13.4. The summed E-state index contributed by atoms with van der Waals surface area (Å²) >= 11 is 0. The maximum Gasteiger partial charge on any atom is 0.238 e. The van der Waals surface area contributed by atoms with Crippen LogP contribution in [-0.4, -0.2) is 42.6 Å². The van der Waals surface area contributed by atoms with Crippen LogP contribution in [0.25, 0.3) is 6.08 Å². The van der Waals surface area contributed by atoms with E-state index in [2.05, 4.69) is 5.32 Å². The Morgan fingerprint density at radius 1 is 0.950 bits per heavy atom. The fraction of sp³-hybridized carbons (Fsp3) is 0.303. The van der Waals surface area contributed by atoms with Crippen molar-refractivity contribution in [2.45, 2.75) is 38.3 Å². The van der Waals surface area contributed by atoms with Gasteiger partial charge in [0, 0.05) is 17.3 Å². The van der Waals surface area contributed by atoms with Gasteiger partial charge in [-0.3, -0.25) is 14.4 Å². The van der Waals surface area contributed by atoms with Gasteiger partial charge in [-0.2, -0.15) is 0 Å². The van der Waals surface area contributed by atoms with E-state index in [1.807, 2.05) is 86.5 Å². The summed E-state index contributed by atoms with van der Waals surface area (Å²) in [4.78, 5) is 45.8. The molecule has 1 saturated heterocycles. The lowest BCUT2D eigenvalue weighted by Gasteiger charge is -2.38. The molecule has 0 saturated carbocycles. The van der Waals surface area contributed by atoms with Crippen molar-refractivity contribution >= 4 is 29.2 Å². The second kappa shape index (κ2) is 9.08. The van der Waals surface area contributed by atoms with E-state index >= 15 is 0 Å². The van der Waals surface area contributed by atoms with Gasteiger partial charge < -0.3 is 19.7 Å². The number of fused-ring (bicyclic) bond motifs is 6. The molecule has 0 aromatic heterocycles. The Morgan fingerprint density at radius 2 is 1.68 bits per heavy atom. The number of hydrogen-bond acceptors (Lipinski definition) is 6. The first-order chi connectivity index (χ1) is 19.1. The largest absolute Gasteiger partial charge is 0.497 e. The maximum absolute atomic E-state index is 15.0. The summed E-state index contributed by atoms with van der Waals surface area (Å²) in [7, 11) is 3.03. The maximum atomic E-state index is 15.0. The number of Topliss-reactive ketones (excluding diaryl/α,β-unsaturated/α-hetero) is 2. The number of nitrogens with zero attached hydrogens (tertiary/aromatic N) is 1. The second-order valence-corrected chi connectivity index (χ2v) is 11.6. The van der Waals surface area contributed by atoms with Crippen LogP contribution in [0.5, 0.6) is 11.5 Å². The van der Waals surface area contributed by atoms with E-state index in [9.17, 15) is 14.4 Å². The number of anilines is 1. The predicted octanol–water partition coefficient (Wildman–Crippen LogP) is 5.42. The average molecular weight is 537 g/mol. The highest BCUT2D eigenvalue weighted by molar-refractivity contribution is 6.16. The van der Waals surface area contributed by atoms with E-state index in [1.165, 1.54) is 14.2 Å². The van der Waals surface area contributed by atoms with E-state index in [-0.39, 0.29) is 23.0 Å². The normalized spacial score (nSPS) is 24.3. The lowest BCUT2D eigenvalue weighted by Crippen LogP contribution is -2.50. The number of nitrogens with one attached hydrogen (secondary N) is 1. The summed E-state index contributed by atoms with van der Waals surface area (Å²) in [6, 6.07) is 18.9. The van der Waals surface area contributed by atoms with Crippen LogP contribution in [0.1, 0.15) is 53.9 Å². The molecule has 7 nitrogen and oxygen atoms in total. The standard InChI is InChI=1S/C33H32N2O5/c1-32(2,3)30(37)27-26(28(36)22-18-20(39-4)14-15-25(22)40-5)33(23-12-8-9-13-24(23)34-31(33)38)29-21-11-7-6-10-19(21)16-17-35(27)29/h6-18,26-27,29H,1-5H3,(H,34,38)/t26-,27-,29+,33+/m0/s1. The van der Waals surface area contributed by atoms with Gasteiger partial charge in [-0.05, 0) is 47.0 Å². The van der Waals surface area contributed by atoms with Crippen molar-refractivity contribution in [3.63, 3.8) is 0 Å². The van der Waals surface area contributed by atoms with E-state index in [0.717, 1.165) is 11.1 Å². The highest BCUT2D eigenvalue weighted by Crippen LogP contribution is 2.62. The third-order valence-corrected chi connectivity index (χ3v) is 8.53. The topological polar surface area (TPSA) is 84.9 Å². The molecule has 1 spiro atoms. The minimum Gasteiger partial charge on any atom is -0.497 e. The SMILES string of the molecule is COc1ccc(OC)c(C(=O)[C@@H]2[C@@H](C(=O)C(C)(C)C)N3C=Cc4ccccc4[C@@H]3[C@]23C(=O)Nc2ccccc23)c1. The molecule has 3 aromatic carbocycles. The molecule has 6 rings (SSSR count). The lowest BCUT2D eigenvalue weighted by molar-refractivity contribution is -0.131. The summed E-state index contributed by atoms with van der Waals surface area (Å²) < 4.78 is 11.1. The van der Waals surface area contributed by atoms with Crippen molar-refractivity contribution in [2.24, 2.45) is 11.3 Å². The zero-order chi connectivity index (χ0) is 28.4. The Labute approximate surface area is 233 Å². The van der Waals surface area contributed by atoms with Crippen molar-refractivity contribution in [3.8, 4) is 11.5 Å². The van der Waals surface area contributed by atoms with Crippen LogP contribution < -0.4 is 14.8 Å². The minimum atomic E-state index is -1.38. The Hall–Kier alpha value is -4.39. The second-order valence-electron chi connectivity index (χ2n) is 11.6. The zero-order valence-corrected chi connectivity index (χ0v) is 23.2. The van der Waals surface area contributed by atoms with Gasteiger partial charge in [0.1, 0.15) is 16.9 Å². The number of ether oxygens (including phenoxy) is 2. The monoisotopic (exact) mass is 536 g/mol. The molecule has 4 atom stereocenters. The van der Waals surface area contributed by atoms with E-state index in [1.54, 1.807) is 18.2 Å². The van der Waals surface area contributed by atoms with Gasteiger partial charge in [-0.15, -0.1) is 0 Å². The Bertz CT molecular complexity index is 1590. The zero-order valence-electron chi connectivity index (χ0n) is 23.2. The highest BCUT2D eigenvalue weighted by atomic mass is 16.5. The molecule has 0 unspecified atom stereocenters. The van der Waals surface area contributed by atoms with Crippen LogP contribution in [0.3, 0.4) is 0 Å². The Balaban J connectivity index is 1.70. The average Bonchev–Trinajstić information content (AvgIpc) is 3.43. The number of amides is 1. The summed E-state index contributed by atoms with van der Waals surface area (Å²) in [5, 5.41) is 3.07. The number of carbonyl (C=O) groups excluding carboxylic acids is 3. The number of para-hydroxylation sites is 1. The first kappa shape index (κ1) is 25.9. The molecule has 40 heavy (non-hydrogen) atoms. The van der Waals surface area contributed by atoms with Crippen molar-refractivity contribution in [2.75, 3.05) is 19.5 Å². The smallest absolute Gasteiger partial charge is 0.238 e. The van der Waals surface area contributed by atoms with Crippen LogP contribution in [0.15, 0.2) is 72.9 Å². The summed E-state index contributed by atoms with van der Waals surface area (Å²) in [5.41, 5.74) is 1.33. The van der Waals surface area contributed by atoms with Gasteiger partial charge in [0.25, 0.3) is 0 Å². The van der Waals surface area contributed by atoms with Crippen molar-refractivity contribution in [1.82, 2.24) is 4.90 Å². The predicted molar refractivity (Wildman–Crippen MR) is 152 cm³/mol. The molecule has 0 aliphatic carbocycles. The molecule has 204 valence electrons. The van der Waals surface area contributed by atoms with Gasteiger partial charge in [0.05, 0.1) is 37.8 Å². The Kier molecular flexibility index (Phi) is 5.87. The number of methoxy groups -OCH3 is 2. The molecular weight excluding hydrogens is 504 g/mol. The van der Waals surface area contributed by atoms with Crippen molar-refractivity contribution < 1.29 is 23.9 Å². The third-order valence-electron chi connectivity index (χ3n) is 8.53. The van der Waals surface area contributed by atoms with Crippen LogP contribution >= 0.6 is 0 Å². The number of benzene rings is 3. The van der Waals surface area contributed by atoms with Crippen LogP contribution in [0.4, 0.5) is 5.69 Å². The van der Waals surface area contributed by atoms with E-state index in [0.29, 0.717) is 22.7 Å². The van der Waals surface area contributed by atoms with Gasteiger partial charge in [0.15, 0.2) is 11.6 Å². The van der Waals surface area contributed by atoms with Crippen LogP contribution in [0, 0.1) is 11.3 Å². The quantitative estimate of drug-likeness (QED) is 0.439. The molecule has 3 heterocycles. The molecule has 3 aliphatic heterocycles. The molecule has 7 heteroatoms. The summed E-state index contributed by atoms with van der Waals surface area (Å²) in [6.45, 7) is 5.56. The van der Waals surface area contributed by atoms with E-state index in [4.69, 9.17) is 9.47 Å². The van der Waals surface area contributed by atoms with Crippen LogP contribution in [0.2, 0.25) is 0 Å². The molecule has 1 amide bonds. The van der Waals surface area contributed by atoms with Gasteiger partial charge in [-0.1, -0.05) is 63.2 Å². The number of rotatable bonds is 5. The fourth-order valence-electron chi connectivity index (χ4n) is 6.79. The molecule has 3 aliphatic rings. The number of carbonyl (C=O) groups is 3. The number of hydrogen-bond donors (Lipinski definition) is 1. The van der Waals surface area contributed by atoms with Crippen molar-refractivity contribution in [3.05, 3.63) is 95.2 Å². The Morgan fingerprint density at radius 3 is 2.40 bits per heavy atom. The minimum absolute atomic E-state index is 0.115. The molecule has 1 N–H and O–H groups in total. The first-order valence-corrected chi connectivity index (χ1v) is 13.4. The molecule has 1 fully saturated rings. The fourth-order valence-corrected chi connectivity index (χ4v) is 6.79. The van der Waals surface area contributed by atoms with Gasteiger partial charge in [-0.25, -0.2) is 0 Å². The summed E-state index contributed by atoms with van der Waals surface area (Å²) in [5.74, 6) is -0.964. The third kappa shape index (κ3) is 3.46. The van der Waals surface area contributed by atoms with Gasteiger partial charge in [0.2, 0.25) is 5.91 Å². The molecule has 0 radical (unpaired) electrons. The molecular formula is C33H32N2O5. The van der Waals surface area contributed by atoms with Crippen molar-refractivity contribution in [1.29, 1.82) is 0 Å². The van der Waals surface area contributed by atoms with Crippen LogP contribution in [-0.2, 0) is 15.0 Å².